The zero-order valence-corrected chi connectivity index (χ0v) is 30.5. The van der Waals surface area contributed by atoms with E-state index in [9.17, 15) is 33.0 Å². The molecule has 2 fully saturated rings. The summed E-state index contributed by atoms with van der Waals surface area (Å²) < 4.78 is 42.5. The number of alkyl halides is 3. The Morgan fingerprint density at radius 3 is 2.34 bits per heavy atom. The van der Waals surface area contributed by atoms with Gasteiger partial charge in [-0.05, 0) is 42.5 Å². The fraction of sp³-hybridized carbons (Fsp3) is 0.385. The number of hydrogen-bond acceptors (Lipinski definition) is 10. The Morgan fingerprint density at radius 1 is 0.982 bits per heavy atom. The molecular formula is C39H43F3N10O4. The van der Waals surface area contributed by atoms with Crippen LogP contribution < -0.4 is 20.9 Å². The summed E-state index contributed by atoms with van der Waals surface area (Å²) in [6, 6.07) is 20.5. The van der Waals surface area contributed by atoms with Crippen molar-refractivity contribution in [1.82, 2.24) is 34.7 Å². The van der Waals surface area contributed by atoms with Crippen LogP contribution in [0.25, 0.3) is 11.2 Å². The van der Waals surface area contributed by atoms with Gasteiger partial charge >= 0.3 is 18.1 Å². The molecule has 1 saturated carbocycles. The summed E-state index contributed by atoms with van der Waals surface area (Å²) >= 11 is 0. The summed E-state index contributed by atoms with van der Waals surface area (Å²) in [6.45, 7) is 2.65. The number of hydrogen-bond donors (Lipinski definition) is 5. The Kier molecular flexibility index (Phi) is 11.3. The maximum atomic E-state index is 13.6. The van der Waals surface area contributed by atoms with Crippen LogP contribution >= 0.6 is 0 Å². The number of benzene rings is 2. The lowest BCUT2D eigenvalue weighted by Gasteiger charge is -2.31. The van der Waals surface area contributed by atoms with Gasteiger partial charge in [0.15, 0.2) is 17.0 Å². The predicted octanol–water partition coefficient (Wildman–Crippen LogP) is 4.70. The third kappa shape index (κ3) is 8.23. The number of imidazole rings is 1. The summed E-state index contributed by atoms with van der Waals surface area (Å²) in [5.41, 5.74) is 3.31. The first-order valence-corrected chi connectivity index (χ1v) is 18.6. The number of pyridine rings is 1. The summed E-state index contributed by atoms with van der Waals surface area (Å²) in [6.07, 6.45) is -3.14. The van der Waals surface area contributed by atoms with Crippen molar-refractivity contribution in [3.05, 3.63) is 103 Å². The molecule has 2 aliphatic rings. The first kappa shape index (κ1) is 38.5. The van der Waals surface area contributed by atoms with Crippen molar-refractivity contribution in [3.63, 3.8) is 0 Å². The van der Waals surface area contributed by atoms with Crippen LogP contribution in [-0.4, -0.2) is 108 Å². The standard InChI is InChI=1S/C39H43F3N10O4/c1-2-17-51(36(55)39(40,41)42)29-19-30(33(54)32(29)53)52-23-45-31-34(44-21-28(24-10-5-3-6-11-24)25-12-7-4-8-13-25)48-37(49-35(31)52)50-18-15-27(22-50)47-38(56)46-26-14-9-16-43-20-26/h3-14,16,20,23,27-30,32-33,53-54H,2,15,17-19,21-22H2,1H3,(H,44,48,49)(H2,46,47,56)/t27-,29+,30-,32-,33+/m1/s1. The van der Waals surface area contributed by atoms with E-state index < -0.39 is 36.4 Å². The van der Waals surface area contributed by atoms with Crippen LogP contribution in [0, 0.1) is 0 Å². The number of aliphatic hydroxyl groups excluding tert-OH is 2. The molecule has 5 N–H and O–H groups in total. The van der Waals surface area contributed by atoms with Gasteiger partial charge in [0.1, 0.15) is 12.2 Å². The zero-order valence-electron chi connectivity index (χ0n) is 30.5. The van der Waals surface area contributed by atoms with Gasteiger partial charge in [-0.2, -0.15) is 23.1 Å². The lowest BCUT2D eigenvalue weighted by Crippen LogP contribution is -2.51. The number of urea groups is 1. The number of carbonyl (C=O) groups excluding carboxylic acids is 2. The number of rotatable bonds is 12. The van der Waals surface area contributed by atoms with E-state index in [2.05, 4.69) is 25.9 Å². The molecule has 14 nitrogen and oxygen atoms in total. The highest BCUT2D eigenvalue weighted by Crippen LogP contribution is 2.38. The smallest absolute Gasteiger partial charge is 0.388 e. The average Bonchev–Trinajstić information content (AvgIpc) is 3.92. The molecule has 3 aromatic heterocycles. The number of halogens is 3. The molecule has 2 aromatic carbocycles. The van der Waals surface area contributed by atoms with Crippen molar-refractivity contribution in [2.45, 2.75) is 68.6 Å². The Balaban J connectivity index is 1.21. The maximum Gasteiger partial charge on any atom is 0.471 e. The molecule has 3 amide bonds. The quantitative estimate of drug-likeness (QED) is 0.120. The normalized spacial score (nSPS) is 21.1. The average molecular weight is 773 g/mol. The molecule has 5 atom stereocenters. The highest BCUT2D eigenvalue weighted by Gasteiger charge is 2.51. The molecule has 294 valence electrons. The number of anilines is 3. The molecule has 7 rings (SSSR count). The van der Waals surface area contributed by atoms with Crippen molar-refractivity contribution in [1.29, 1.82) is 0 Å². The molecule has 5 aromatic rings. The highest BCUT2D eigenvalue weighted by molar-refractivity contribution is 5.89. The molecule has 0 spiro atoms. The van der Waals surface area contributed by atoms with E-state index in [1.165, 1.54) is 6.33 Å². The SMILES string of the molecule is CCCN(C(=O)C(F)(F)F)[C@H]1C[C@@H](n2cnc3c(NCC(c4ccccc4)c4ccccc4)nc(N4CC[C@@H](NC(=O)Nc5cccnc5)C4)nc32)[C@H](O)[C@@H]1O. The van der Waals surface area contributed by atoms with Crippen LogP contribution in [0.1, 0.15) is 49.3 Å². The number of fused-ring (bicyclic) bond motifs is 1. The number of aliphatic hydroxyl groups is 2. The minimum atomic E-state index is -5.15. The monoisotopic (exact) mass is 772 g/mol. The molecule has 17 heteroatoms. The maximum absolute atomic E-state index is 13.6. The van der Waals surface area contributed by atoms with E-state index in [0.717, 1.165) is 11.1 Å². The van der Waals surface area contributed by atoms with E-state index in [4.69, 9.17) is 9.97 Å². The van der Waals surface area contributed by atoms with Crippen molar-refractivity contribution >= 4 is 40.6 Å². The van der Waals surface area contributed by atoms with Crippen molar-refractivity contribution in [2.24, 2.45) is 0 Å². The summed E-state index contributed by atoms with van der Waals surface area (Å²) in [5, 5.41) is 31.7. The number of aromatic nitrogens is 5. The third-order valence-corrected chi connectivity index (χ3v) is 10.4. The summed E-state index contributed by atoms with van der Waals surface area (Å²) in [7, 11) is 0. The molecule has 1 saturated heterocycles. The van der Waals surface area contributed by atoms with E-state index in [0.29, 0.717) is 53.9 Å². The van der Waals surface area contributed by atoms with Gasteiger partial charge in [0.25, 0.3) is 0 Å². The van der Waals surface area contributed by atoms with Gasteiger partial charge in [0.2, 0.25) is 5.95 Å². The number of nitrogens with one attached hydrogen (secondary N) is 3. The van der Waals surface area contributed by atoms with E-state index in [1.807, 2.05) is 65.6 Å². The third-order valence-electron chi connectivity index (χ3n) is 10.4. The van der Waals surface area contributed by atoms with Crippen LogP contribution in [0.4, 0.5) is 35.4 Å². The molecule has 4 heterocycles. The van der Waals surface area contributed by atoms with Crippen molar-refractivity contribution in [3.8, 4) is 0 Å². The minimum Gasteiger partial charge on any atom is -0.388 e. The molecule has 1 aliphatic heterocycles. The van der Waals surface area contributed by atoms with E-state index >= 15 is 0 Å². The van der Waals surface area contributed by atoms with Gasteiger partial charge in [-0.25, -0.2) is 9.78 Å². The van der Waals surface area contributed by atoms with Crippen molar-refractivity contribution in [2.75, 3.05) is 41.7 Å². The van der Waals surface area contributed by atoms with Crippen LogP contribution in [-0.2, 0) is 4.79 Å². The van der Waals surface area contributed by atoms with Crippen LogP contribution in [0.15, 0.2) is 91.5 Å². The van der Waals surface area contributed by atoms with Crippen LogP contribution in [0.5, 0.6) is 0 Å². The first-order valence-electron chi connectivity index (χ1n) is 18.6. The lowest BCUT2D eigenvalue weighted by molar-refractivity contribution is -0.190. The van der Waals surface area contributed by atoms with Crippen LogP contribution in [0.2, 0.25) is 0 Å². The number of amides is 3. The van der Waals surface area contributed by atoms with Gasteiger partial charge in [-0.3, -0.25) is 9.78 Å². The van der Waals surface area contributed by atoms with Crippen molar-refractivity contribution < 1.29 is 33.0 Å². The summed E-state index contributed by atoms with van der Waals surface area (Å²) in [5.74, 6) is -1.47. The van der Waals surface area contributed by atoms with Gasteiger partial charge in [0, 0.05) is 44.3 Å². The Morgan fingerprint density at radius 2 is 1.70 bits per heavy atom. The Hall–Kier alpha value is -5.81. The topological polar surface area (TPSA) is 174 Å². The molecule has 0 radical (unpaired) electrons. The van der Waals surface area contributed by atoms with Gasteiger partial charge in [0.05, 0.1) is 30.3 Å². The first-order chi connectivity index (χ1) is 27.0. The molecular weight excluding hydrogens is 729 g/mol. The number of nitrogens with zero attached hydrogens (tertiary/aromatic N) is 7. The molecule has 0 bridgehead atoms. The fourth-order valence-corrected chi connectivity index (χ4v) is 7.65. The second-order valence-corrected chi connectivity index (χ2v) is 14.1. The predicted molar refractivity (Wildman–Crippen MR) is 203 cm³/mol. The van der Waals surface area contributed by atoms with E-state index in [-0.39, 0.29) is 43.0 Å². The lowest BCUT2D eigenvalue weighted by atomic mass is 9.91. The molecule has 0 unspecified atom stereocenters. The highest BCUT2D eigenvalue weighted by atomic mass is 19.4. The number of carbonyl (C=O) groups is 2. The van der Waals surface area contributed by atoms with Gasteiger partial charge < -0.3 is 40.5 Å². The second kappa shape index (κ2) is 16.5. The van der Waals surface area contributed by atoms with Crippen LogP contribution in [0.3, 0.4) is 0 Å². The second-order valence-electron chi connectivity index (χ2n) is 14.1. The Bertz CT molecular complexity index is 2070. The minimum absolute atomic E-state index is 0.0880. The largest absolute Gasteiger partial charge is 0.471 e. The van der Waals surface area contributed by atoms with E-state index in [1.54, 1.807) is 36.0 Å². The zero-order chi connectivity index (χ0) is 39.4. The van der Waals surface area contributed by atoms with Gasteiger partial charge in [-0.1, -0.05) is 67.6 Å². The fourth-order valence-electron chi connectivity index (χ4n) is 7.65. The molecule has 1 aliphatic carbocycles. The molecule has 56 heavy (non-hydrogen) atoms. The summed E-state index contributed by atoms with van der Waals surface area (Å²) in [4.78, 5) is 46.2. The van der Waals surface area contributed by atoms with Gasteiger partial charge in [-0.15, -0.1) is 0 Å². The Labute approximate surface area is 320 Å².